The minimum absolute atomic E-state index is 0. The van der Waals surface area contributed by atoms with Gasteiger partial charge in [0.25, 0.3) is 0 Å². The molecular weight excluding hydrogens is 1130 g/mol. The SMILES string of the molecule is [U+2].[U+2].[c-]1ccccc1-c1[c-]cccc1-c1cccc(-c2nc(-c3ccccc3)nc(-c3ccc[c-]c3-c3[c-]c(-c4ccccc4)cc(-c4ccccc4)c3)n2)c1. The van der Waals surface area contributed by atoms with Gasteiger partial charge in [-0.05, 0) is 5.56 Å². The number of nitrogens with zero attached hydrogens (tertiary/aromatic N) is 3. The van der Waals surface area contributed by atoms with Crippen molar-refractivity contribution in [1.29, 1.82) is 0 Å². The third-order valence-electron chi connectivity index (χ3n) is 9.36. The van der Waals surface area contributed by atoms with Gasteiger partial charge >= 0.3 is 62.2 Å². The van der Waals surface area contributed by atoms with Crippen molar-refractivity contribution in [1.82, 2.24) is 15.0 Å². The van der Waals surface area contributed by atoms with Gasteiger partial charge in [0.15, 0.2) is 11.6 Å². The Kier molecular flexibility index (Phi) is 12.7. The molecule has 3 nitrogen and oxygen atoms in total. The van der Waals surface area contributed by atoms with Crippen LogP contribution in [-0.4, -0.2) is 15.0 Å². The fourth-order valence-electron chi connectivity index (χ4n) is 6.74. The first-order chi connectivity index (χ1) is 26.8. The Morgan fingerprint density at radius 1 is 0.304 bits per heavy atom. The Bertz CT molecular complexity index is 2640. The molecule has 8 aromatic carbocycles. The molecule has 0 aliphatic heterocycles. The monoisotopic (exact) mass is 1160 g/mol. The third kappa shape index (κ3) is 8.49. The molecule has 0 fully saturated rings. The van der Waals surface area contributed by atoms with E-state index in [1.807, 2.05) is 84.9 Å². The van der Waals surface area contributed by atoms with E-state index < -0.39 is 0 Å². The van der Waals surface area contributed by atoms with Gasteiger partial charge in [0.1, 0.15) is 5.82 Å². The maximum absolute atomic E-state index is 5.19. The van der Waals surface area contributed by atoms with E-state index in [2.05, 4.69) is 127 Å². The molecule has 0 saturated carbocycles. The van der Waals surface area contributed by atoms with Crippen LogP contribution in [-0.2, 0) is 0 Å². The molecular formula is C51H31N3U2. The molecule has 0 unspecified atom stereocenters. The maximum Gasteiger partial charge on any atom is 2.00 e. The van der Waals surface area contributed by atoms with Gasteiger partial charge in [0.2, 0.25) is 0 Å². The van der Waals surface area contributed by atoms with E-state index in [0.717, 1.165) is 72.3 Å². The zero-order valence-corrected chi connectivity index (χ0v) is 38.6. The summed E-state index contributed by atoms with van der Waals surface area (Å²) in [4.78, 5) is 15.4. The van der Waals surface area contributed by atoms with Crippen LogP contribution in [0.5, 0.6) is 0 Å². The quantitative estimate of drug-likeness (QED) is 0.142. The van der Waals surface area contributed by atoms with Crippen molar-refractivity contribution in [3.05, 3.63) is 212 Å². The van der Waals surface area contributed by atoms with Gasteiger partial charge in [-0.15, -0.1) is 47.5 Å². The third-order valence-corrected chi connectivity index (χ3v) is 9.36. The molecule has 1 aromatic heterocycles. The Morgan fingerprint density at radius 3 is 1.50 bits per heavy atom. The first kappa shape index (κ1) is 39.1. The average Bonchev–Trinajstić information content (AvgIpc) is 3.27. The second-order valence-electron chi connectivity index (χ2n) is 12.9. The second kappa shape index (κ2) is 18.2. The molecule has 0 aliphatic carbocycles. The molecule has 5 heteroatoms. The number of aromatic nitrogens is 3. The summed E-state index contributed by atoms with van der Waals surface area (Å²) in [6.07, 6.45) is 0. The fourth-order valence-corrected chi connectivity index (χ4v) is 6.74. The van der Waals surface area contributed by atoms with Crippen LogP contribution in [0, 0.1) is 86.5 Å². The molecule has 1 heterocycles. The van der Waals surface area contributed by atoms with Gasteiger partial charge in [-0.2, -0.15) is 71.8 Å². The summed E-state index contributed by atoms with van der Waals surface area (Å²) < 4.78 is 0. The van der Waals surface area contributed by atoms with Gasteiger partial charge in [0.05, 0.1) is 0 Å². The van der Waals surface area contributed by atoms with Crippen LogP contribution >= 0.6 is 0 Å². The van der Waals surface area contributed by atoms with Gasteiger partial charge in [-0.3, -0.25) is 0 Å². The molecule has 258 valence electrons. The summed E-state index contributed by atoms with van der Waals surface area (Å²) in [7, 11) is 0. The predicted octanol–water partition coefficient (Wildman–Crippen LogP) is 12.4. The van der Waals surface area contributed by atoms with E-state index in [1.165, 1.54) is 0 Å². The van der Waals surface area contributed by atoms with Crippen LogP contribution in [0.15, 0.2) is 188 Å². The van der Waals surface area contributed by atoms with E-state index in [0.29, 0.717) is 17.5 Å². The predicted molar refractivity (Wildman–Crippen MR) is 219 cm³/mol. The summed E-state index contributed by atoms with van der Waals surface area (Å²) in [6.45, 7) is 0. The first-order valence-corrected chi connectivity index (χ1v) is 17.9. The van der Waals surface area contributed by atoms with Crippen LogP contribution in [0.2, 0.25) is 0 Å². The minimum atomic E-state index is 0. The van der Waals surface area contributed by atoms with E-state index in [9.17, 15) is 0 Å². The minimum Gasteiger partial charge on any atom is -0.226 e. The molecule has 0 saturated heterocycles. The number of hydrogen-bond acceptors (Lipinski definition) is 3. The average molecular weight is 1160 g/mol. The molecule has 0 spiro atoms. The fraction of sp³-hybridized carbons (Fsp3) is 0. The normalized spacial score (nSPS) is 10.6. The molecule has 0 atom stereocenters. The summed E-state index contributed by atoms with van der Waals surface area (Å²) in [5, 5.41) is 0. The van der Waals surface area contributed by atoms with Crippen LogP contribution < -0.4 is 0 Å². The maximum atomic E-state index is 5.19. The van der Waals surface area contributed by atoms with Crippen molar-refractivity contribution in [2.75, 3.05) is 0 Å². The van der Waals surface area contributed by atoms with E-state index in [1.54, 1.807) is 0 Å². The molecule has 9 rings (SSSR count). The number of hydrogen-bond donors (Lipinski definition) is 0. The molecule has 0 amide bonds. The van der Waals surface area contributed by atoms with Gasteiger partial charge in [-0.1, -0.05) is 138 Å². The molecule has 0 bridgehead atoms. The van der Waals surface area contributed by atoms with E-state index in [-0.39, 0.29) is 62.2 Å². The van der Waals surface area contributed by atoms with Crippen molar-refractivity contribution in [2.24, 2.45) is 0 Å². The van der Waals surface area contributed by atoms with Gasteiger partial charge < -0.3 is 0 Å². The zero-order valence-electron chi connectivity index (χ0n) is 30.2. The summed E-state index contributed by atoms with van der Waals surface area (Å²) in [6, 6.07) is 77.8. The van der Waals surface area contributed by atoms with E-state index >= 15 is 0 Å². The molecule has 0 aliphatic rings. The Morgan fingerprint density at radius 2 is 0.821 bits per heavy atom. The van der Waals surface area contributed by atoms with Crippen LogP contribution in [0.4, 0.5) is 0 Å². The molecule has 0 radical (unpaired) electrons. The van der Waals surface area contributed by atoms with Crippen LogP contribution in [0.1, 0.15) is 0 Å². The first-order valence-electron chi connectivity index (χ1n) is 17.9. The van der Waals surface area contributed by atoms with Gasteiger partial charge in [0, 0.05) is 11.1 Å². The molecule has 9 aromatic rings. The zero-order chi connectivity index (χ0) is 36.1. The van der Waals surface area contributed by atoms with E-state index in [4.69, 9.17) is 15.0 Å². The smallest absolute Gasteiger partial charge is 0.226 e. The van der Waals surface area contributed by atoms with Crippen molar-refractivity contribution in [3.8, 4) is 89.8 Å². The van der Waals surface area contributed by atoms with Crippen LogP contribution in [0.25, 0.3) is 89.8 Å². The Hall–Kier alpha value is -5.13. The topological polar surface area (TPSA) is 38.7 Å². The van der Waals surface area contributed by atoms with Crippen molar-refractivity contribution in [2.45, 2.75) is 0 Å². The second-order valence-corrected chi connectivity index (χ2v) is 12.9. The summed E-state index contributed by atoms with van der Waals surface area (Å²) in [5.41, 5.74) is 12.8. The standard InChI is InChI=1S/C51H31N3.2U/c1-5-18-36(19-6-1)42-33-43(37-20-7-2-8-21-37)35-44(34-42)47-30-15-16-31-48(47)51-53-49(39-24-11-4-12-25-39)52-50(54-51)41-27-17-26-40(32-41)46-29-14-13-28-45(46)38-22-9-3-10-23-38;;/h1-22,24-27,29,31-34H;;/q-4;2*+2. The molecule has 56 heavy (non-hydrogen) atoms. The van der Waals surface area contributed by atoms with Crippen molar-refractivity contribution < 1.29 is 62.2 Å². The number of benzene rings is 8. The number of rotatable bonds is 8. The summed E-state index contributed by atoms with van der Waals surface area (Å²) >= 11 is 0. The molecule has 0 N–H and O–H groups in total. The van der Waals surface area contributed by atoms with Crippen LogP contribution in [0.3, 0.4) is 0 Å². The van der Waals surface area contributed by atoms with Crippen molar-refractivity contribution in [3.63, 3.8) is 0 Å². The summed E-state index contributed by atoms with van der Waals surface area (Å²) in [5.74, 6) is 1.73. The Labute approximate surface area is 375 Å². The van der Waals surface area contributed by atoms with Gasteiger partial charge in [-0.25, -0.2) is 26.1 Å². The van der Waals surface area contributed by atoms with Crippen molar-refractivity contribution >= 4 is 0 Å². The largest absolute Gasteiger partial charge is 2.00 e. The Balaban J connectivity index is 0.00000240.